The van der Waals surface area contributed by atoms with Crippen LogP contribution in [0, 0.1) is 5.92 Å². The Hall–Kier alpha value is -0.980. The number of hydrogen-bond acceptors (Lipinski definition) is 1. The highest BCUT2D eigenvalue weighted by Gasteiger charge is 2.41. The van der Waals surface area contributed by atoms with Crippen LogP contribution in [0.15, 0.2) is 24.3 Å². The zero-order valence-electron chi connectivity index (χ0n) is 9.33. The summed E-state index contributed by atoms with van der Waals surface area (Å²) in [6, 6.07) is 8.52. The van der Waals surface area contributed by atoms with Crippen molar-refractivity contribution in [3.05, 3.63) is 29.8 Å². The lowest BCUT2D eigenvalue weighted by atomic mass is 9.72. The molecule has 1 aliphatic heterocycles. The molecule has 3 rings (SSSR count). The van der Waals surface area contributed by atoms with E-state index in [2.05, 4.69) is 31.2 Å². The van der Waals surface area contributed by atoms with Crippen molar-refractivity contribution in [2.75, 3.05) is 0 Å². The van der Waals surface area contributed by atoms with Gasteiger partial charge in [0.05, 0.1) is 0 Å². The molecule has 1 fully saturated rings. The molecule has 0 amide bonds. The molecule has 0 aromatic heterocycles. The van der Waals surface area contributed by atoms with Crippen molar-refractivity contribution >= 4 is 0 Å². The molecule has 1 aliphatic carbocycles. The lowest BCUT2D eigenvalue weighted by Crippen LogP contribution is -2.46. The van der Waals surface area contributed by atoms with E-state index in [4.69, 9.17) is 4.74 Å². The molecule has 0 spiro atoms. The van der Waals surface area contributed by atoms with Gasteiger partial charge in [-0.25, -0.2) is 0 Å². The van der Waals surface area contributed by atoms with Crippen molar-refractivity contribution in [3.63, 3.8) is 0 Å². The molecule has 0 bridgehead atoms. The fourth-order valence-electron chi connectivity index (χ4n) is 3.12. The van der Waals surface area contributed by atoms with Gasteiger partial charge in [-0.05, 0) is 44.2 Å². The maximum Gasteiger partial charge on any atom is 0.123 e. The largest absolute Gasteiger partial charge is 0.487 e. The highest BCUT2D eigenvalue weighted by Crippen LogP contribution is 2.44. The second-order valence-electron chi connectivity index (χ2n) is 5.17. The van der Waals surface area contributed by atoms with Gasteiger partial charge in [0.15, 0.2) is 0 Å². The van der Waals surface area contributed by atoms with Crippen LogP contribution in [0.5, 0.6) is 5.75 Å². The summed E-state index contributed by atoms with van der Waals surface area (Å²) in [5.74, 6) is 1.86. The van der Waals surface area contributed by atoms with Crippen molar-refractivity contribution in [2.24, 2.45) is 5.92 Å². The van der Waals surface area contributed by atoms with Gasteiger partial charge in [-0.3, -0.25) is 0 Å². The van der Waals surface area contributed by atoms with Gasteiger partial charge in [0.2, 0.25) is 0 Å². The predicted molar refractivity (Wildman–Crippen MR) is 61.1 cm³/mol. The van der Waals surface area contributed by atoms with E-state index in [-0.39, 0.29) is 5.60 Å². The molecule has 80 valence electrons. The number of para-hydroxylation sites is 1. The fraction of sp³-hybridized carbons (Fsp3) is 0.571. The summed E-state index contributed by atoms with van der Waals surface area (Å²) < 4.78 is 6.22. The van der Waals surface area contributed by atoms with Gasteiger partial charge in [0, 0.05) is 5.92 Å². The standard InChI is InChI=1S/C14H18O/c1-14-9-5-4-7-12(14)10-11-6-2-3-8-13(11)15-14/h2-3,6,8,12H,4-5,7,9-10H2,1H3/t12-,14-/m0/s1. The smallest absolute Gasteiger partial charge is 0.123 e. The Balaban J connectivity index is 1.98. The predicted octanol–water partition coefficient (Wildman–Crippen LogP) is 3.57. The Morgan fingerprint density at radius 2 is 2.13 bits per heavy atom. The van der Waals surface area contributed by atoms with Gasteiger partial charge in [-0.2, -0.15) is 0 Å². The molecule has 1 heteroatoms. The van der Waals surface area contributed by atoms with Gasteiger partial charge in [0.25, 0.3) is 0 Å². The Bertz CT molecular complexity index is 371. The fourth-order valence-corrected chi connectivity index (χ4v) is 3.12. The molecule has 0 N–H and O–H groups in total. The van der Waals surface area contributed by atoms with E-state index in [1.807, 2.05) is 0 Å². The van der Waals surface area contributed by atoms with Gasteiger partial charge < -0.3 is 4.74 Å². The summed E-state index contributed by atoms with van der Waals surface area (Å²) in [5, 5.41) is 0. The number of hydrogen-bond donors (Lipinski definition) is 0. The minimum absolute atomic E-state index is 0.118. The average Bonchev–Trinajstić information content (AvgIpc) is 2.25. The molecule has 1 heterocycles. The molecule has 1 saturated carbocycles. The number of ether oxygens (including phenoxy) is 1. The Morgan fingerprint density at radius 3 is 3.07 bits per heavy atom. The second kappa shape index (κ2) is 3.26. The molecule has 0 unspecified atom stereocenters. The molecule has 1 aromatic rings. The summed E-state index contributed by atoms with van der Waals surface area (Å²) in [7, 11) is 0. The Morgan fingerprint density at radius 1 is 1.27 bits per heavy atom. The van der Waals surface area contributed by atoms with Crippen LogP contribution in [0.1, 0.15) is 38.2 Å². The van der Waals surface area contributed by atoms with E-state index >= 15 is 0 Å². The van der Waals surface area contributed by atoms with Crippen molar-refractivity contribution < 1.29 is 4.74 Å². The van der Waals surface area contributed by atoms with Crippen LogP contribution in [0.2, 0.25) is 0 Å². The van der Waals surface area contributed by atoms with Gasteiger partial charge in [-0.1, -0.05) is 24.6 Å². The third-order valence-electron chi connectivity index (χ3n) is 4.12. The first-order chi connectivity index (χ1) is 7.28. The van der Waals surface area contributed by atoms with Crippen molar-refractivity contribution in [3.8, 4) is 5.75 Å². The highest BCUT2D eigenvalue weighted by molar-refractivity contribution is 5.36. The summed E-state index contributed by atoms with van der Waals surface area (Å²) in [6.45, 7) is 2.30. The van der Waals surface area contributed by atoms with E-state index < -0.39 is 0 Å². The van der Waals surface area contributed by atoms with Crippen LogP contribution in [0.25, 0.3) is 0 Å². The Labute approximate surface area is 91.5 Å². The normalized spacial score (nSPS) is 33.8. The van der Waals surface area contributed by atoms with Gasteiger partial charge >= 0.3 is 0 Å². The minimum Gasteiger partial charge on any atom is -0.487 e. The summed E-state index contributed by atoms with van der Waals surface area (Å²) >= 11 is 0. The van der Waals surface area contributed by atoms with Crippen LogP contribution in [-0.4, -0.2) is 5.60 Å². The number of rotatable bonds is 0. The van der Waals surface area contributed by atoms with Crippen molar-refractivity contribution in [1.82, 2.24) is 0 Å². The lowest BCUT2D eigenvalue weighted by molar-refractivity contribution is -0.0215. The summed E-state index contributed by atoms with van der Waals surface area (Å²) in [4.78, 5) is 0. The first kappa shape index (κ1) is 9.26. The van der Waals surface area contributed by atoms with Gasteiger partial charge in [0.1, 0.15) is 11.4 Å². The monoisotopic (exact) mass is 202 g/mol. The maximum absolute atomic E-state index is 6.22. The summed E-state index contributed by atoms with van der Waals surface area (Å²) in [6.07, 6.45) is 6.49. The quantitative estimate of drug-likeness (QED) is 0.625. The molecule has 2 aliphatic rings. The second-order valence-corrected chi connectivity index (χ2v) is 5.17. The van der Waals surface area contributed by atoms with Crippen LogP contribution in [-0.2, 0) is 6.42 Å². The molecular formula is C14H18O. The molecule has 1 aromatic carbocycles. The molecular weight excluding hydrogens is 184 g/mol. The van der Waals surface area contributed by atoms with Crippen LogP contribution in [0.3, 0.4) is 0 Å². The third-order valence-corrected chi connectivity index (χ3v) is 4.12. The van der Waals surface area contributed by atoms with E-state index in [0.717, 1.165) is 11.7 Å². The zero-order valence-corrected chi connectivity index (χ0v) is 9.33. The van der Waals surface area contributed by atoms with E-state index in [0.29, 0.717) is 0 Å². The number of fused-ring (bicyclic) bond motifs is 2. The van der Waals surface area contributed by atoms with E-state index in [1.54, 1.807) is 0 Å². The third kappa shape index (κ3) is 1.45. The topological polar surface area (TPSA) is 9.23 Å². The molecule has 1 nitrogen and oxygen atoms in total. The minimum atomic E-state index is 0.118. The zero-order chi connectivity index (χ0) is 10.3. The molecule has 2 atom stereocenters. The first-order valence-electron chi connectivity index (χ1n) is 6.05. The van der Waals surface area contributed by atoms with E-state index in [9.17, 15) is 0 Å². The van der Waals surface area contributed by atoms with E-state index in [1.165, 1.54) is 37.7 Å². The average molecular weight is 202 g/mol. The highest BCUT2D eigenvalue weighted by atomic mass is 16.5. The van der Waals surface area contributed by atoms with Crippen LogP contribution in [0.4, 0.5) is 0 Å². The first-order valence-corrected chi connectivity index (χ1v) is 6.05. The SMILES string of the molecule is C[C@]12CCCC[C@H]1Cc1ccccc1O2. The van der Waals surface area contributed by atoms with Crippen molar-refractivity contribution in [1.29, 1.82) is 0 Å². The summed E-state index contributed by atoms with van der Waals surface area (Å²) in [5.41, 5.74) is 1.52. The van der Waals surface area contributed by atoms with Crippen molar-refractivity contribution in [2.45, 2.75) is 44.6 Å². The van der Waals surface area contributed by atoms with Crippen LogP contribution >= 0.6 is 0 Å². The van der Waals surface area contributed by atoms with Crippen LogP contribution < -0.4 is 4.74 Å². The number of benzene rings is 1. The molecule has 15 heavy (non-hydrogen) atoms. The molecule has 0 saturated heterocycles. The van der Waals surface area contributed by atoms with Gasteiger partial charge in [-0.15, -0.1) is 0 Å². The maximum atomic E-state index is 6.22. The molecule has 0 radical (unpaired) electrons. The lowest BCUT2D eigenvalue weighted by Gasteiger charge is -2.45. The Kier molecular flexibility index (Phi) is 2.01.